The van der Waals surface area contributed by atoms with Gasteiger partial charge in [-0.05, 0) is 36.2 Å². The van der Waals surface area contributed by atoms with Gasteiger partial charge in [0, 0.05) is 50.9 Å². The average Bonchev–Trinajstić information content (AvgIpc) is 3.04. The molecule has 0 unspecified atom stereocenters. The number of non-ortho nitro benzene ring substituents is 1. The number of oxime groups is 1. The summed E-state index contributed by atoms with van der Waals surface area (Å²) in [5.74, 6) is 0. The molecule has 1 aromatic heterocycles. The van der Waals surface area contributed by atoms with Gasteiger partial charge in [0.05, 0.1) is 11.1 Å². The lowest BCUT2D eigenvalue weighted by molar-refractivity contribution is -0.384. The van der Waals surface area contributed by atoms with Crippen molar-refractivity contribution in [1.82, 2.24) is 4.57 Å². The van der Waals surface area contributed by atoms with E-state index in [-0.39, 0.29) is 12.3 Å². The van der Waals surface area contributed by atoms with Crippen LogP contribution in [-0.4, -0.2) is 15.7 Å². The van der Waals surface area contributed by atoms with Crippen LogP contribution in [0.2, 0.25) is 10.0 Å². The lowest BCUT2D eigenvalue weighted by Gasteiger charge is -2.10. The summed E-state index contributed by atoms with van der Waals surface area (Å²) in [4.78, 5) is 15.9. The molecule has 4 aromatic rings. The highest BCUT2D eigenvalue weighted by molar-refractivity contribution is 6.35. The minimum Gasteiger partial charge on any atom is -0.391 e. The van der Waals surface area contributed by atoms with E-state index in [1.54, 1.807) is 24.4 Å². The third-order valence-corrected chi connectivity index (χ3v) is 5.82. The van der Waals surface area contributed by atoms with Gasteiger partial charge in [0.15, 0.2) is 0 Å². The first kappa shape index (κ1) is 21.9. The Morgan fingerprint density at radius 1 is 1.09 bits per heavy atom. The summed E-state index contributed by atoms with van der Waals surface area (Å²) in [6.45, 7) is 2.74. The van der Waals surface area contributed by atoms with Gasteiger partial charge in [0.1, 0.15) is 6.61 Å². The second-order valence-corrected chi connectivity index (χ2v) is 8.12. The quantitative estimate of drug-likeness (QED) is 0.171. The molecule has 0 aliphatic heterocycles. The third-order valence-electron chi connectivity index (χ3n) is 5.23. The van der Waals surface area contributed by atoms with Crippen LogP contribution in [0.5, 0.6) is 0 Å². The number of nitro groups is 1. The molecule has 0 fully saturated rings. The predicted molar refractivity (Wildman–Crippen MR) is 128 cm³/mol. The first-order valence-electron chi connectivity index (χ1n) is 9.84. The summed E-state index contributed by atoms with van der Waals surface area (Å²) in [5, 5.41) is 17.3. The van der Waals surface area contributed by atoms with Crippen LogP contribution in [0.3, 0.4) is 0 Å². The number of hydrogen-bond acceptors (Lipinski definition) is 4. The molecule has 0 saturated heterocycles. The number of fused-ring (bicyclic) bond motifs is 1. The molecule has 32 heavy (non-hydrogen) atoms. The number of nitrogens with zero attached hydrogens (tertiary/aromatic N) is 3. The van der Waals surface area contributed by atoms with Crippen LogP contribution in [0, 0.1) is 17.0 Å². The van der Waals surface area contributed by atoms with Crippen molar-refractivity contribution in [1.29, 1.82) is 0 Å². The van der Waals surface area contributed by atoms with Gasteiger partial charge in [-0.3, -0.25) is 10.1 Å². The zero-order chi connectivity index (χ0) is 22.7. The van der Waals surface area contributed by atoms with E-state index >= 15 is 0 Å². The van der Waals surface area contributed by atoms with Crippen molar-refractivity contribution in [3.8, 4) is 0 Å². The number of benzene rings is 3. The first-order chi connectivity index (χ1) is 15.4. The molecule has 6 nitrogen and oxygen atoms in total. The highest BCUT2D eigenvalue weighted by atomic mass is 35.5. The summed E-state index contributed by atoms with van der Waals surface area (Å²) in [6, 6.07) is 19.8. The Bertz CT molecular complexity index is 1330. The van der Waals surface area contributed by atoms with Gasteiger partial charge in [-0.2, -0.15) is 0 Å². The van der Waals surface area contributed by atoms with Crippen LogP contribution in [0.1, 0.15) is 22.4 Å². The average molecular weight is 468 g/mol. The van der Waals surface area contributed by atoms with Crippen molar-refractivity contribution in [2.75, 3.05) is 0 Å². The highest BCUT2D eigenvalue weighted by Gasteiger charge is 2.14. The Kier molecular flexibility index (Phi) is 6.44. The van der Waals surface area contributed by atoms with Crippen molar-refractivity contribution in [3.05, 3.63) is 109 Å². The highest BCUT2D eigenvalue weighted by Crippen LogP contribution is 2.28. The number of halogens is 2. The van der Waals surface area contributed by atoms with E-state index in [1.807, 2.05) is 43.3 Å². The monoisotopic (exact) mass is 467 g/mol. The van der Waals surface area contributed by atoms with E-state index in [0.29, 0.717) is 22.2 Å². The Hall–Kier alpha value is -3.35. The number of aromatic nitrogens is 1. The Morgan fingerprint density at radius 2 is 1.91 bits per heavy atom. The van der Waals surface area contributed by atoms with Crippen molar-refractivity contribution in [2.24, 2.45) is 5.16 Å². The predicted octanol–water partition coefficient (Wildman–Crippen LogP) is 6.76. The lowest BCUT2D eigenvalue weighted by Crippen LogP contribution is -2.03. The van der Waals surface area contributed by atoms with Gasteiger partial charge in [0.25, 0.3) is 5.69 Å². The van der Waals surface area contributed by atoms with E-state index in [4.69, 9.17) is 28.0 Å². The number of para-hydroxylation sites is 1. The molecule has 0 amide bonds. The van der Waals surface area contributed by atoms with Crippen LogP contribution in [-0.2, 0) is 18.0 Å². The van der Waals surface area contributed by atoms with Gasteiger partial charge in [-0.1, -0.05) is 64.8 Å². The minimum absolute atomic E-state index is 0.0230. The molecule has 0 aliphatic rings. The molecule has 1 heterocycles. The zero-order valence-electron chi connectivity index (χ0n) is 17.2. The molecule has 0 aliphatic carbocycles. The van der Waals surface area contributed by atoms with Crippen LogP contribution in [0.4, 0.5) is 5.69 Å². The van der Waals surface area contributed by atoms with Crippen LogP contribution in [0.25, 0.3) is 10.9 Å². The van der Waals surface area contributed by atoms with E-state index in [1.165, 1.54) is 12.1 Å². The maximum absolute atomic E-state index is 10.9. The topological polar surface area (TPSA) is 69.7 Å². The second-order valence-electron chi connectivity index (χ2n) is 7.27. The largest absolute Gasteiger partial charge is 0.391 e. The molecule has 0 radical (unpaired) electrons. The summed E-state index contributed by atoms with van der Waals surface area (Å²) in [7, 11) is 0. The minimum atomic E-state index is -0.433. The van der Waals surface area contributed by atoms with E-state index in [2.05, 4.69) is 9.72 Å². The molecule has 8 heteroatoms. The number of nitro benzene ring substituents is 1. The van der Waals surface area contributed by atoms with Crippen LogP contribution >= 0.6 is 23.2 Å². The lowest BCUT2D eigenvalue weighted by atomic mass is 10.1. The Balaban J connectivity index is 1.58. The molecule has 0 N–H and O–H groups in total. The fraction of sp³-hybridized carbons (Fsp3) is 0.125. The summed E-state index contributed by atoms with van der Waals surface area (Å²) in [6.07, 6.45) is 1.68. The molecule has 0 saturated carbocycles. The van der Waals surface area contributed by atoms with Gasteiger partial charge in [0.2, 0.25) is 0 Å². The van der Waals surface area contributed by atoms with Crippen molar-refractivity contribution < 1.29 is 9.76 Å². The van der Waals surface area contributed by atoms with Gasteiger partial charge < -0.3 is 9.40 Å². The summed E-state index contributed by atoms with van der Waals surface area (Å²) < 4.78 is 2.17. The molecule has 0 atom stereocenters. The third kappa shape index (κ3) is 4.61. The maximum Gasteiger partial charge on any atom is 0.269 e. The normalized spacial score (nSPS) is 11.3. The van der Waals surface area contributed by atoms with Crippen LogP contribution in [0.15, 0.2) is 71.9 Å². The molecule has 3 aromatic carbocycles. The van der Waals surface area contributed by atoms with E-state index in [0.717, 1.165) is 27.7 Å². The summed E-state index contributed by atoms with van der Waals surface area (Å²) >= 11 is 12.4. The SMILES string of the molecule is Cc1c(/C=N\OCc2cccc([N+](=O)[O-])c2)c2ccccc2n1Cc1ccc(Cl)cc1Cl. The van der Waals surface area contributed by atoms with E-state index in [9.17, 15) is 10.1 Å². The Morgan fingerprint density at radius 3 is 2.69 bits per heavy atom. The standard InChI is InChI=1S/C24H19Cl2N3O3/c1-16-22(13-27-32-15-17-5-4-6-20(11-17)29(30)31)21-7-2-3-8-24(21)28(16)14-18-9-10-19(25)12-23(18)26/h2-13H,14-15H2,1H3/b27-13-. The van der Waals surface area contributed by atoms with Crippen LogP contribution < -0.4 is 0 Å². The second kappa shape index (κ2) is 9.42. The molecule has 162 valence electrons. The molecule has 4 rings (SSSR count). The van der Waals surface area contributed by atoms with Gasteiger partial charge >= 0.3 is 0 Å². The first-order valence-corrected chi connectivity index (χ1v) is 10.6. The molecule has 0 spiro atoms. The smallest absolute Gasteiger partial charge is 0.269 e. The number of hydrogen-bond donors (Lipinski definition) is 0. The maximum atomic E-state index is 10.9. The van der Waals surface area contributed by atoms with E-state index < -0.39 is 4.92 Å². The molecular weight excluding hydrogens is 449 g/mol. The van der Waals surface area contributed by atoms with Crippen molar-refractivity contribution in [3.63, 3.8) is 0 Å². The van der Waals surface area contributed by atoms with Gasteiger partial charge in [-0.15, -0.1) is 0 Å². The van der Waals surface area contributed by atoms with Crippen molar-refractivity contribution in [2.45, 2.75) is 20.1 Å². The van der Waals surface area contributed by atoms with Gasteiger partial charge in [-0.25, -0.2) is 0 Å². The molecular formula is C24H19Cl2N3O3. The summed E-state index contributed by atoms with van der Waals surface area (Å²) in [5.41, 5.74) is 4.66. The molecule has 0 bridgehead atoms. The van der Waals surface area contributed by atoms with Crippen molar-refractivity contribution >= 4 is 46.0 Å². The fourth-order valence-electron chi connectivity index (χ4n) is 3.61. The Labute approximate surface area is 194 Å². The fourth-order valence-corrected chi connectivity index (χ4v) is 4.07. The zero-order valence-corrected chi connectivity index (χ0v) is 18.7. The number of rotatable bonds is 7.